The number of rotatable bonds is 6. The molecule has 1 aliphatic carbocycles. The molecule has 3 rings (SSSR count). The topological polar surface area (TPSA) is 62.5 Å². The van der Waals surface area contributed by atoms with E-state index >= 15 is 0 Å². The second-order valence-corrected chi connectivity index (χ2v) is 6.18. The first-order chi connectivity index (χ1) is 10.2. The lowest BCUT2D eigenvalue weighted by Gasteiger charge is -2.29. The molecule has 6 heteroatoms. The Bertz CT molecular complexity index is 492. The highest BCUT2D eigenvalue weighted by Crippen LogP contribution is 2.38. The van der Waals surface area contributed by atoms with E-state index in [2.05, 4.69) is 22.0 Å². The summed E-state index contributed by atoms with van der Waals surface area (Å²) in [7, 11) is 1.83. The number of amides is 1. The maximum Gasteiger partial charge on any atom is 0.240 e. The minimum Gasteiger partial charge on any atom is -0.339 e. The van der Waals surface area contributed by atoms with Crippen LogP contribution >= 0.6 is 0 Å². The van der Waals surface area contributed by atoms with Crippen molar-refractivity contribution in [3.63, 3.8) is 0 Å². The van der Waals surface area contributed by atoms with E-state index in [0.29, 0.717) is 18.3 Å². The molecule has 1 saturated heterocycles. The molecule has 0 N–H and O–H groups in total. The molecule has 2 heterocycles. The summed E-state index contributed by atoms with van der Waals surface area (Å²) in [5.74, 6) is 1.97. The molecular formula is C15H24N4O2. The van der Waals surface area contributed by atoms with Gasteiger partial charge in [-0.25, -0.2) is 0 Å². The number of carbonyl (C=O) groups excluding carboxylic acids is 1. The smallest absolute Gasteiger partial charge is 0.240 e. The third-order valence-corrected chi connectivity index (χ3v) is 4.42. The monoisotopic (exact) mass is 292 g/mol. The molecule has 0 bridgehead atoms. The molecule has 21 heavy (non-hydrogen) atoms. The molecule has 1 aromatic rings. The van der Waals surface area contributed by atoms with Crippen molar-refractivity contribution in [3.8, 4) is 0 Å². The molecule has 1 amide bonds. The molecule has 1 aromatic heterocycles. The van der Waals surface area contributed by atoms with E-state index in [4.69, 9.17) is 4.52 Å². The normalized spacial score (nSPS) is 20.7. The van der Waals surface area contributed by atoms with Crippen LogP contribution in [0.15, 0.2) is 4.52 Å². The van der Waals surface area contributed by atoms with E-state index < -0.39 is 0 Å². The van der Waals surface area contributed by atoms with Crippen molar-refractivity contribution < 1.29 is 9.32 Å². The van der Waals surface area contributed by atoms with Crippen LogP contribution in [0.4, 0.5) is 0 Å². The van der Waals surface area contributed by atoms with Crippen molar-refractivity contribution in [1.82, 2.24) is 19.9 Å². The number of hydrogen-bond donors (Lipinski definition) is 0. The van der Waals surface area contributed by atoms with Crippen LogP contribution in [0.3, 0.4) is 0 Å². The largest absolute Gasteiger partial charge is 0.339 e. The number of likely N-dealkylation sites (N-methyl/N-ethyl adjacent to an activating group) is 1. The number of nitrogens with zero attached hydrogens (tertiary/aromatic N) is 4. The van der Waals surface area contributed by atoms with Crippen molar-refractivity contribution in [1.29, 1.82) is 0 Å². The Morgan fingerprint density at radius 3 is 2.76 bits per heavy atom. The van der Waals surface area contributed by atoms with E-state index in [1.807, 2.05) is 7.05 Å². The van der Waals surface area contributed by atoms with Crippen LogP contribution in [0.1, 0.15) is 56.7 Å². The van der Waals surface area contributed by atoms with E-state index in [-0.39, 0.29) is 11.9 Å². The van der Waals surface area contributed by atoms with Crippen LogP contribution in [0.5, 0.6) is 0 Å². The molecule has 0 radical (unpaired) electrons. The van der Waals surface area contributed by atoms with E-state index in [1.165, 1.54) is 12.8 Å². The van der Waals surface area contributed by atoms with Crippen LogP contribution in [-0.2, 0) is 11.3 Å². The summed E-state index contributed by atoms with van der Waals surface area (Å²) in [6.45, 7) is 4.58. The Balaban J connectivity index is 1.59. The number of hydrogen-bond acceptors (Lipinski definition) is 5. The fraction of sp³-hybridized carbons (Fsp3) is 0.800. The van der Waals surface area contributed by atoms with E-state index in [1.54, 1.807) is 4.90 Å². The first-order valence-corrected chi connectivity index (χ1v) is 8.00. The summed E-state index contributed by atoms with van der Waals surface area (Å²) in [6, 6.07) is -0.00713. The minimum atomic E-state index is -0.00713. The van der Waals surface area contributed by atoms with E-state index in [0.717, 1.165) is 38.2 Å². The minimum absolute atomic E-state index is 0.00713. The lowest BCUT2D eigenvalue weighted by atomic mass is 10.1. The van der Waals surface area contributed by atoms with Crippen molar-refractivity contribution in [2.24, 2.45) is 0 Å². The fourth-order valence-corrected chi connectivity index (χ4v) is 3.01. The zero-order chi connectivity index (χ0) is 14.8. The summed E-state index contributed by atoms with van der Waals surface area (Å²) < 4.78 is 5.25. The fourth-order valence-electron chi connectivity index (χ4n) is 3.01. The molecule has 0 spiro atoms. The van der Waals surface area contributed by atoms with Crippen molar-refractivity contribution in [2.75, 3.05) is 20.1 Å². The van der Waals surface area contributed by atoms with Crippen molar-refractivity contribution in [3.05, 3.63) is 11.7 Å². The van der Waals surface area contributed by atoms with Crippen LogP contribution in [0, 0.1) is 0 Å². The Morgan fingerprint density at radius 1 is 1.43 bits per heavy atom. The Labute approximate surface area is 125 Å². The van der Waals surface area contributed by atoms with Crippen LogP contribution < -0.4 is 0 Å². The van der Waals surface area contributed by atoms with Gasteiger partial charge in [-0.05, 0) is 45.2 Å². The van der Waals surface area contributed by atoms with Crippen molar-refractivity contribution >= 4 is 5.91 Å². The summed E-state index contributed by atoms with van der Waals surface area (Å²) >= 11 is 0. The van der Waals surface area contributed by atoms with Gasteiger partial charge in [-0.3, -0.25) is 9.69 Å². The average molecular weight is 292 g/mol. The zero-order valence-electron chi connectivity index (χ0n) is 12.9. The van der Waals surface area contributed by atoms with Gasteiger partial charge in [0.25, 0.3) is 0 Å². The first-order valence-electron chi connectivity index (χ1n) is 8.00. The molecule has 6 nitrogen and oxygen atoms in total. The van der Waals surface area contributed by atoms with Gasteiger partial charge in [-0.1, -0.05) is 12.1 Å². The highest BCUT2D eigenvalue weighted by atomic mass is 16.5. The molecular weight excluding hydrogens is 268 g/mol. The van der Waals surface area contributed by atoms with Gasteiger partial charge in [-0.2, -0.15) is 4.98 Å². The van der Waals surface area contributed by atoms with Gasteiger partial charge in [-0.15, -0.1) is 0 Å². The van der Waals surface area contributed by atoms with Crippen LogP contribution in [-0.4, -0.2) is 52.0 Å². The molecule has 0 aromatic carbocycles. The maximum absolute atomic E-state index is 12.6. The Hall–Kier alpha value is -1.43. The summed E-state index contributed by atoms with van der Waals surface area (Å²) in [5, 5.41) is 3.99. The predicted molar refractivity (Wildman–Crippen MR) is 77.6 cm³/mol. The average Bonchev–Trinajstić information content (AvgIpc) is 3.00. The highest BCUT2D eigenvalue weighted by Gasteiger charge is 2.31. The van der Waals surface area contributed by atoms with Crippen LogP contribution in [0.25, 0.3) is 0 Å². The van der Waals surface area contributed by atoms with Gasteiger partial charge in [0.2, 0.25) is 11.8 Å². The zero-order valence-corrected chi connectivity index (χ0v) is 12.9. The lowest BCUT2D eigenvalue weighted by molar-refractivity contribution is -0.136. The molecule has 1 saturated carbocycles. The Kier molecular flexibility index (Phi) is 4.24. The van der Waals surface area contributed by atoms with Gasteiger partial charge in [0.1, 0.15) is 0 Å². The third-order valence-electron chi connectivity index (χ3n) is 4.42. The quantitative estimate of drug-likeness (QED) is 0.800. The van der Waals surface area contributed by atoms with E-state index in [9.17, 15) is 4.79 Å². The molecule has 1 unspecified atom stereocenters. The number of aromatic nitrogens is 2. The molecule has 1 atom stereocenters. The second kappa shape index (κ2) is 6.13. The van der Waals surface area contributed by atoms with Gasteiger partial charge in [0, 0.05) is 13.0 Å². The lowest BCUT2D eigenvalue weighted by Crippen LogP contribution is -2.45. The van der Waals surface area contributed by atoms with Gasteiger partial charge in [0.05, 0.1) is 12.6 Å². The van der Waals surface area contributed by atoms with Gasteiger partial charge < -0.3 is 9.42 Å². The molecule has 2 aliphatic rings. The standard InChI is InChI=1S/C15H24N4O2/c1-3-12(19-8-4-5-9-19)15(20)18(2)10-13-16-14(21-17-13)11-6-7-11/h11-12H,3-10H2,1-2H3. The van der Waals surface area contributed by atoms with Gasteiger partial charge in [0.15, 0.2) is 5.82 Å². The highest BCUT2D eigenvalue weighted by molar-refractivity contribution is 5.81. The predicted octanol–water partition coefficient (Wildman–Crippen LogP) is 1.78. The maximum atomic E-state index is 12.6. The molecule has 1 aliphatic heterocycles. The summed E-state index contributed by atoms with van der Waals surface area (Å²) in [4.78, 5) is 21.0. The van der Waals surface area contributed by atoms with Crippen molar-refractivity contribution in [2.45, 2.75) is 57.5 Å². The molecule has 116 valence electrons. The SMILES string of the molecule is CCC(C(=O)N(C)Cc1noc(C2CC2)n1)N1CCCC1. The van der Waals surface area contributed by atoms with Gasteiger partial charge >= 0.3 is 0 Å². The Morgan fingerprint density at radius 2 is 2.14 bits per heavy atom. The second-order valence-electron chi connectivity index (χ2n) is 6.18. The van der Waals surface area contributed by atoms with Crippen LogP contribution in [0.2, 0.25) is 0 Å². The first kappa shape index (κ1) is 14.5. The number of likely N-dealkylation sites (tertiary alicyclic amines) is 1. The summed E-state index contributed by atoms with van der Waals surface area (Å²) in [5.41, 5.74) is 0. The molecule has 2 fully saturated rings. The summed E-state index contributed by atoms with van der Waals surface area (Å²) in [6.07, 6.45) is 5.53. The third kappa shape index (κ3) is 3.26. The number of carbonyl (C=O) groups is 1.